The van der Waals surface area contributed by atoms with E-state index < -0.39 is 0 Å². The number of rotatable bonds is 1. The van der Waals surface area contributed by atoms with Crippen molar-refractivity contribution in [1.29, 1.82) is 0 Å². The minimum Gasteiger partial charge on any atom is -0.379 e. The molecule has 78 valence electrons. The molecule has 0 bridgehead atoms. The number of halogens is 1. The van der Waals surface area contributed by atoms with Gasteiger partial charge < -0.3 is 5.32 Å². The Hall–Kier alpha value is -1.02. The van der Waals surface area contributed by atoms with E-state index in [2.05, 4.69) is 59.0 Å². The van der Waals surface area contributed by atoms with Crippen LogP contribution in [-0.2, 0) is 6.42 Å². The summed E-state index contributed by atoms with van der Waals surface area (Å²) in [6.45, 7) is 5.93. The van der Waals surface area contributed by atoms with Crippen LogP contribution in [0.25, 0.3) is 0 Å². The van der Waals surface area contributed by atoms with Gasteiger partial charge in [0.25, 0.3) is 0 Å². The molecule has 0 spiro atoms. The summed E-state index contributed by atoms with van der Waals surface area (Å²) in [5.74, 6) is 0. The topological polar surface area (TPSA) is 12.0 Å². The van der Waals surface area contributed by atoms with Crippen molar-refractivity contribution in [2.75, 3.05) is 5.32 Å². The van der Waals surface area contributed by atoms with E-state index in [-0.39, 0.29) is 0 Å². The number of hydrogen-bond acceptors (Lipinski definition) is 1. The first kappa shape index (κ1) is 10.5. The normalized spacial score (nSPS) is 22.0. The lowest BCUT2D eigenvalue weighted by molar-refractivity contribution is 0.846. The zero-order valence-electron chi connectivity index (χ0n) is 8.76. The molecule has 0 amide bonds. The molecule has 1 nitrogen and oxygen atoms in total. The molecule has 1 heterocycles. The molecular weight excluding hydrogens is 250 g/mol. The van der Waals surface area contributed by atoms with Gasteiger partial charge in [0, 0.05) is 16.2 Å². The number of nitrogens with one attached hydrogen (secondary N) is 1. The van der Waals surface area contributed by atoms with Crippen LogP contribution in [0, 0.1) is 0 Å². The SMILES string of the molecule is C=C/C=C1/Cc2cc(Br)ccc2NC1C. The minimum absolute atomic E-state index is 0.400. The Labute approximate surface area is 99.0 Å². The molecule has 1 aromatic rings. The van der Waals surface area contributed by atoms with Crippen LogP contribution in [-0.4, -0.2) is 6.04 Å². The summed E-state index contributed by atoms with van der Waals surface area (Å²) in [7, 11) is 0. The molecule has 0 aliphatic carbocycles. The summed E-state index contributed by atoms with van der Waals surface area (Å²) in [4.78, 5) is 0. The van der Waals surface area contributed by atoms with Crippen molar-refractivity contribution >= 4 is 21.6 Å². The molecular formula is C13H14BrN. The molecule has 0 saturated carbocycles. The van der Waals surface area contributed by atoms with Crippen LogP contribution in [0.1, 0.15) is 12.5 Å². The van der Waals surface area contributed by atoms with Gasteiger partial charge in [-0.3, -0.25) is 0 Å². The van der Waals surface area contributed by atoms with Crippen molar-refractivity contribution in [3.05, 3.63) is 52.5 Å². The summed E-state index contributed by atoms with van der Waals surface area (Å²) in [6, 6.07) is 6.77. The van der Waals surface area contributed by atoms with E-state index in [0.29, 0.717) is 6.04 Å². The van der Waals surface area contributed by atoms with E-state index in [1.54, 1.807) is 0 Å². The lowest BCUT2D eigenvalue weighted by Crippen LogP contribution is -2.24. The quantitative estimate of drug-likeness (QED) is 0.810. The van der Waals surface area contributed by atoms with E-state index in [1.165, 1.54) is 16.8 Å². The first-order chi connectivity index (χ1) is 7.20. The Balaban J connectivity index is 2.38. The minimum atomic E-state index is 0.400. The maximum atomic E-state index is 3.75. The molecule has 1 aromatic carbocycles. The van der Waals surface area contributed by atoms with Gasteiger partial charge in [-0.1, -0.05) is 34.7 Å². The first-order valence-corrected chi connectivity index (χ1v) is 5.86. The van der Waals surface area contributed by atoms with Crippen molar-refractivity contribution in [2.45, 2.75) is 19.4 Å². The fraction of sp³-hybridized carbons (Fsp3) is 0.231. The molecule has 0 aromatic heterocycles. The van der Waals surface area contributed by atoms with Gasteiger partial charge in [-0.2, -0.15) is 0 Å². The smallest absolute Gasteiger partial charge is 0.0451 e. The van der Waals surface area contributed by atoms with Crippen LogP contribution < -0.4 is 5.32 Å². The van der Waals surface area contributed by atoms with Crippen LogP contribution in [0.5, 0.6) is 0 Å². The van der Waals surface area contributed by atoms with E-state index in [1.807, 2.05) is 6.08 Å². The Morgan fingerprint density at radius 2 is 2.33 bits per heavy atom. The zero-order valence-corrected chi connectivity index (χ0v) is 10.3. The standard InChI is InChI=1S/C13H14BrN/c1-3-4-10-7-11-8-12(14)5-6-13(11)15-9(10)2/h3-6,8-9,15H,1,7H2,2H3/b10-4-. The highest BCUT2D eigenvalue weighted by Gasteiger charge is 2.17. The third-order valence-corrected chi connectivity index (χ3v) is 3.22. The van der Waals surface area contributed by atoms with E-state index in [4.69, 9.17) is 0 Å². The number of hydrogen-bond donors (Lipinski definition) is 1. The fourth-order valence-corrected chi connectivity index (χ4v) is 2.31. The predicted octanol–water partition coefficient (Wildman–Crippen LogP) is 3.92. The molecule has 1 aliphatic rings. The molecule has 0 radical (unpaired) electrons. The fourth-order valence-electron chi connectivity index (χ4n) is 1.90. The van der Waals surface area contributed by atoms with Gasteiger partial charge in [0.2, 0.25) is 0 Å². The highest BCUT2D eigenvalue weighted by molar-refractivity contribution is 9.10. The number of benzene rings is 1. The van der Waals surface area contributed by atoms with Gasteiger partial charge >= 0.3 is 0 Å². The lowest BCUT2D eigenvalue weighted by Gasteiger charge is -2.27. The molecule has 15 heavy (non-hydrogen) atoms. The van der Waals surface area contributed by atoms with Gasteiger partial charge in [-0.05, 0) is 42.7 Å². The molecule has 1 unspecified atom stereocenters. The van der Waals surface area contributed by atoms with Gasteiger partial charge in [-0.15, -0.1) is 0 Å². The highest BCUT2D eigenvalue weighted by Crippen LogP contribution is 2.30. The molecule has 2 heteroatoms. The molecule has 2 rings (SSSR count). The summed E-state index contributed by atoms with van der Waals surface area (Å²) < 4.78 is 1.13. The van der Waals surface area contributed by atoms with Gasteiger partial charge in [0.05, 0.1) is 0 Å². The summed E-state index contributed by atoms with van der Waals surface area (Å²) in [5, 5.41) is 3.49. The maximum Gasteiger partial charge on any atom is 0.0451 e. The van der Waals surface area contributed by atoms with Crippen LogP contribution in [0.4, 0.5) is 5.69 Å². The van der Waals surface area contributed by atoms with Crippen molar-refractivity contribution < 1.29 is 0 Å². The molecule has 1 atom stereocenters. The molecule has 0 saturated heterocycles. The van der Waals surface area contributed by atoms with Gasteiger partial charge in [-0.25, -0.2) is 0 Å². The van der Waals surface area contributed by atoms with Crippen LogP contribution >= 0.6 is 15.9 Å². The van der Waals surface area contributed by atoms with Crippen LogP contribution in [0.2, 0.25) is 0 Å². The predicted molar refractivity (Wildman–Crippen MR) is 69.2 cm³/mol. The average molecular weight is 264 g/mol. The maximum absolute atomic E-state index is 3.75. The second-order valence-electron chi connectivity index (χ2n) is 3.82. The Morgan fingerprint density at radius 1 is 1.53 bits per heavy atom. The van der Waals surface area contributed by atoms with E-state index in [0.717, 1.165) is 10.9 Å². The van der Waals surface area contributed by atoms with Crippen molar-refractivity contribution in [1.82, 2.24) is 0 Å². The summed E-state index contributed by atoms with van der Waals surface area (Å²) in [5.41, 5.74) is 3.97. The Bertz CT molecular complexity index is 421. The highest BCUT2D eigenvalue weighted by atomic mass is 79.9. The Morgan fingerprint density at radius 3 is 3.07 bits per heavy atom. The summed E-state index contributed by atoms with van der Waals surface area (Å²) >= 11 is 3.50. The second-order valence-corrected chi connectivity index (χ2v) is 4.74. The van der Waals surface area contributed by atoms with Crippen molar-refractivity contribution in [2.24, 2.45) is 0 Å². The Kier molecular flexibility index (Phi) is 2.96. The van der Waals surface area contributed by atoms with Crippen LogP contribution in [0.15, 0.2) is 47.0 Å². The number of allylic oxidation sites excluding steroid dienone is 2. The van der Waals surface area contributed by atoms with Gasteiger partial charge in [0.15, 0.2) is 0 Å². The second kappa shape index (κ2) is 4.23. The zero-order chi connectivity index (χ0) is 10.8. The van der Waals surface area contributed by atoms with Crippen molar-refractivity contribution in [3.63, 3.8) is 0 Å². The molecule has 1 N–H and O–H groups in total. The largest absolute Gasteiger partial charge is 0.379 e. The van der Waals surface area contributed by atoms with E-state index in [9.17, 15) is 0 Å². The molecule has 0 fully saturated rings. The molecule has 1 aliphatic heterocycles. The van der Waals surface area contributed by atoms with Gasteiger partial charge in [0.1, 0.15) is 0 Å². The monoisotopic (exact) mass is 263 g/mol. The number of fused-ring (bicyclic) bond motifs is 1. The average Bonchev–Trinajstić information content (AvgIpc) is 2.20. The lowest BCUT2D eigenvalue weighted by atomic mass is 9.93. The number of anilines is 1. The third kappa shape index (κ3) is 2.15. The van der Waals surface area contributed by atoms with E-state index >= 15 is 0 Å². The van der Waals surface area contributed by atoms with Crippen LogP contribution in [0.3, 0.4) is 0 Å². The third-order valence-electron chi connectivity index (χ3n) is 2.72. The van der Waals surface area contributed by atoms with Crippen molar-refractivity contribution in [3.8, 4) is 0 Å². The first-order valence-electron chi connectivity index (χ1n) is 5.07. The summed E-state index contributed by atoms with van der Waals surface area (Å²) in [6.07, 6.45) is 4.97.